The van der Waals surface area contributed by atoms with Crippen molar-refractivity contribution in [1.29, 1.82) is 0 Å². The van der Waals surface area contributed by atoms with Crippen LogP contribution in [0.15, 0.2) is 23.1 Å². The van der Waals surface area contributed by atoms with Gasteiger partial charge in [0.2, 0.25) is 10.0 Å². The molecule has 1 aromatic carbocycles. The minimum atomic E-state index is -3.81. The van der Waals surface area contributed by atoms with Crippen LogP contribution >= 0.6 is 10.7 Å². The third-order valence-corrected chi connectivity index (χ3v) is 5.80. The van der Waals surface area contributed by atoms with E-state index in [1.807, 2.05) is 0 Å². The number of rotatable bonds is 5. The molecule has 1 aliphatic rings. The summed E-state index contributed by atoms with van der Waals surface area (Å²) in [5, 5.41) is 0. The van der Waals surface area contributed by atoms with Gasteiger partial charge >= 0.3 is 0 Å². The number of anilines is 1. The Hall–Kier alpha value is -0.790. The van der Waals surface area contributed by atoms with Crippen LogP contribution in [0.3, 0.4) is 0 Å². The second-order valence-corrected chi connectivity index (χ2v) is 9.05. The number of hydrogen-bond donors (Lipinski definition) is 1. The van der Waals surface area contributed by atoms with Gasteiger partial charge in [-0.2, -0.15) is 0 Å². The molecule has 8 heteroatoms. The van der Waals surface area contributed by atoms with Crippen LogP contribution in [0.1, 0.15) is 18.4 Å². The third kappa shape index (κ3) is 4.09. The van der Waals surface area contributed by atoms with Crippen molar-refractivity contribution in [1.82, 2.24) is 0 Å². The van der Waals surface area contributed by atoms with Crippen LogP contribution in [0, 0.1) is 12.8 Å². The summed E-state index contributed by atoms with van der Waals surface area (Å²) in [6.07, 6.45) is 1.90. The van der Waals surface area contributed by atoms with Gasteiger partial charge in [-0.3, -0.25) is 4.72 Å². The van der Waals surface area contributed by atoms with Gasteiger partial charge in [0.05, 0.1) is 10.6 Å². The Labute approximate surface area is 117 Å². The monoisotopic (exact) mass is 323 g/mol. The Balaban J connectivity index is 2.20. The molecule has 0 amide bonds. The summed E-state index contributed by atoms with van der Waals surface area (Å²) in [5.41, 5.74) is 0.754. The fourth-order valence-electron chi connectivity index (χ4n) is 1.80. The van der Waals surface area contributed by atoms with E-state index < -0.39 is 19.1 Å². The maximum absolute atomic E-state index is 11.8. The molecule has 106 valence electrons. The standard InChI is InChI=1S/C11H14ClNO4S2/c1-8-6-10(4-5-11(8)19(12,16)17)13-18(14,15)7-9-2-3-9/h4-6,9,13H,2-3,7H2,1H3. The minimum Gasteiger partial charge on any atom is -0.284 e. The van der Waals surface area contributed by atoms with E-state index in [0.717, 1.165) is 12.8 Å². The normalized spacial score (nSPS) is 16.3. The number of hydrogen-bond acceptors (Lipinski definition) is 4. The van der Waals surface area contributed by atoms with Gasteiger partial charge in [0.1, 0.15) is 0 Å². The highest BCUT2D eigenvalue weighted by molar-refractivity contribution is 8.13. The fourth-order valence-corrected chi connectivity index (χ4v) is 4.52. The van der Waals surface area contributed by atoms with Gasteiger partial charge in [0.15, 0.2) is 0 Å². The first-order valence-corrected chi connectivity index (χ1v) is 9.69. The molecule has 19 heavy (non-hydrogen) atoms. The van der Waals surface area contributed by atoms with E-state index in [4.69, 9.17) is 10.7 Å². The summed E-state index contributed by atoms with van der Waals surface area (Å²) in [4.78, 5) is -0.0145. The summed E-state index contributed by atoms with van der Waals surface area (Å²) in [6, 6.07) is 4.15. The Kier molecular flexibility index (Phi) is 3.81. The van der Waals surface area contributed by atoms with Crippen molar-refractivity contribution in [3.8, 4) is 0 Å². The molecular weight excluding hydrogens is 310 g/mol. The molecule has 0 aromatic heterocycles. The second kappa shape index (κ2) is 4.96. The molecule has 0 saturated heterocycles. The Morgan fingerprint density at radius 3 is 2.37 bits per heavy atom. The van der Waals surface area contributed by atoms with Crippen molar-refractivity contribution < 1.29 is 16.8 Å². The number of benzene rings is 1. The van der Waals surface area contributed by atoms with E-state index in [9.17, 15) is 16.8 Å². The first kappa shape index (κ1) is 14.6. The highest BCUT2D eigenvalue weighted by Crippen LogP contribution is 2.31. The molecule has 0 unspecified atom stereocenters. The highest BCUT2D eigenvalue weighted by atomic mass is 35.7. The van der Waals surface area contributed by atoms with Crippen LogP contribution in [-0.2, 0) is 19.1 Å². The molecule has 1 N–H and O–H groups in total. The quantitative estimate of drug-likeness (QED) is 0.841. The SMILES string of the molecule is Cc1cc(NS(=O)(=O)CC2CC2)ccc1S(=O)(=O)Cl. The molecule has 0 atom stereocenters. The largest absolute Gasteiger partial charge is 0.284 e. The Bertz CT molecular complexity index is 693. The van der Waals surface area contributed by atoms with Gasteiger partial charge in [-0.1, -0.05) is 0 Å². The van der Waals surface area contributed by atoms with E-state index in [-0.39, 0.29) is 16.6 Å². The van der Waals surface area contributed by atoms with Crippen LogP contribution < -0.4 is 4.72 Å². The predicted molar refractivity (Wildman–Crippen MR) is 74.4 cm³/mol. The third-order valence-electron chi connectivity index (χ3n) is 2.86. The highest BCUT2D eigenvalue weighted by Gasteiger charge is 2.28. The molecule has 0 radical (unpaired) electrons. The minimum absolute atomic E-state index is 0.0145. The van der Waals surface area contributed by atoms with Crippen molar-refractivity contribution in [3.05, 3.63) is 23.8 Å². The molecule has 1 fully saturated rings. The van der Waals surface area contributed by atoms with Crippen LogP contribution in [-0.4, -0.2) is 22.6 Å². The number of nitrogens with one attached hydrogen (secondary N) is 1. The number of aryl methyl sites for hydroxylation is 1. The molecule has 5 nitrogen and oxygen atoms in total. The molecule has 0 bridgehead atoms. The van der Waals surface area contributed by atoms with E-state index in [1.165, 1.54) is 18.2 Å². The topological polar surface area (TPSA) is 80.3 Å². The number of sulfonamides is 1. The van der Waals surface area contributed by atoms with Crippen LogP contribution in [0.25, 0.3) is 0 Å². The summed E-state index contributed by atoms with van der Waals surface area (Å²) >= 11 is 0. The maximum Gasteiger partial charge on any atom is 0.261 e. The van der Waals surface area contributed by atoms with Crippen LogP contribution in [0.4, 0.5) is 5.69 Å². The summed E-state index contributed by atoms with van der Waals surface area (Å²) in [7, 11) is -1.92. The first-order chi connectivity index (χ1) is 8.67. The lowest BCUT2D eigenvalue weighted by molar-refractivity contribution is 0.597. The van der Waals surface area contributed by atoms with Crippen LogP contribution in [0.5, 0.6) is 0 Å². The van der Waals surface area contributed by atoms with E-state index in [2.05, 4.69) is 4.72 Å². The van der Waals surface area contributed by atoms with Gasteiger partial charge in [-0.25, -0.2) is 16.8 Å². The summed E-state index contributed by atoms with van der Waals surface area (Å²) in [5.74, 6) is 0.364. The zero-order chi connectivity index (χ0) is 14.3. The van der Waals surface area contributed by atoms with E-state index >= 15 is 0 Å². The molecule has 2 rings (SSSR count). The van der Waals surface area contributed by atoms with Gasteiger partial charge in [-0.15, -0.1) is 0 Å². The average Bonchev–Trinajstić information content (AvgIpc) is 2.97. The van der Waals surface area contributed by atoms with Crippen molar-refractivity contribution in [2.45, 2.75) is 24.7 Å². The molecule has 1 aliphatic carbocycles. The molecule has 0 heterocycles. The van der Waals surface area contributed by atoms with E-state index in [0.29, 0.717) is 11.3 Å². The van der Waals surface area contributed by atoms with Crippen molar-refractivity contribution in [3.63, 3.8) is 0 Å². The van der Waals surface area contributed by atoms with Crippen molar-refractivity contribution >= 4 is 35.4 Å². The molecular formula is C11H14ClNO4S2. The number of halogens is 1. The van der Waals surface area contributed by atoms with E-state index in [1.54, 1.807) is 6.92 Å². The maximum atomic E-state index is 11.8. The van der Waals surface area contributed by atoms with Gasteiger partial charge < -0.3 is 0 Å². The predicted octanol–water partition coefficient (Wildman–Crippen LogP) is 2.07. The van der Waals surface area contributed by atoms with Crippen molar-refractivity contribution in [2.75, 3.05) is 10.5 Å². The fraction of sp³-hybridized carbons (Fsp3) is 0.455. The zero-order valence-electron chi connectivity index (χ0n) is 10.3. The molecule has 1 aromatic rings. The lowest BCUT2D eigenvalue weighted by atomic mass is 10.2. The smallest absolute Gasteiger partial charge is 0.261 e. The van der Waals surface area contributed by atoms with Gasteiger partial charge in [0, 0.05) is 16.4 Å². The summed E-state index contributed by atoms with van der Waals surface area (Å²) < 4.78 is 48.5. The van der Waals surface area contributed by atoms with Crippen molar-refractivity contribution in [2.24, 2.45) is 5.92 Å². The lowest BCUT2D eigenvalue weighted by Crippen LogP contribution is -2.18. The van der Waals surface area contributed by atoms with Gasteiger partial charge in [0.25, 0.3) is 9.05 Å². The lowest BCUT2D eigenvalue weighted by Gasteiger charge is -2.09. The molecule has 0 spiro atoms. The average molecular weight is 324 g/mol. The molecule has 1 saturated carbocycles. The van der Waals surface area contributed by atoms with Gasteiger partial charge in [-0.05, 0) is 49.4 Å². The Morgan fingerprint density at radius 1 is 1.26 bits per heavy atom. The Morgan fingerprint density at radius 2 is 1.89 bits per heavy atom. The summed E-state index contributed by atoms with van der Waals surface area (Å²) in [6.45, 7) is 1.56. The molecule has 0 aliphatic heterocycles. The second-order valence-electron chi connectivity index (χ2n) is 4.74. The van der Waals surface area contributed by atoms with Crippen LogP contribution in [0.2, 0.25) is 0 Å². The first-order valence-electron chi connectivity index (χ1n) is 5.73. The zero-order valence-corrected chi connectivity index (χ0v) is 12.6.